The second-order valence-corrected chi connectivity index (χ2v) is 14.2. The van der Waals surface area contributed by atoms with Gasteiger partial charge in [-0.1, -0.05) is 0 Å². The van der Waals surface area contributed by atoms with Gasteiger partial charge in [0.15, 0.2) is 11.7 Å². The SMILES string of the molecule is C[C@H](O[P@](=O)(OCCCl)[C@H](C)O[P@@](=O)(CCCl)OCCCl)P(=O)(OCCCl)OCCCl. The Morgan fingerprint density at radius 2 is 0.968 bits per heavy atom. The van der Waals surface area contributed by atoms with Crippen molar-refractivity contribution in [2.24, 2.45) is 0 Å². The Hall–Kier alpha value is 1.90. The number of alkyl halides is 5. The van der Waals surface area contributed by atoms with Crippen LogP contribution in [0.5, 0.6) is 0 Å². The minimum absolute atomic E-state index is 0.0281. The van der Waals surface area contributed by atoms with Gasteiger partial charge in [-0.15, -0.1) is 58.0 Å². The molecule has 0 bridgehead atoms. The summed E-state index contributed by atoms with van der Waals surface area (Å²) in [5, 5.41) is 0. The van der Waals surface area contributed by atoms with Crippen LogP contribution in [0, 0.1) is 0 Å². The maximum atomic E-state index is 13.5. The van der Waals surface area contributed by atoms with Gasteiger partial charge < -0.3 is 18.1 Å². The summed E-state index contributed by atoms with van der Waals surface area (Å²) in [6, 6.07) is 0. The number of rotatable bonds is 20. The van der Waals surface area contributed by atoms with E-state index >= 15 is 0 Å². The lowest BCUT2D eigenvalue weighted by Gasteiger charge is -2.31. The Kier molecular flexibility index (Phi) is 18.4. The summed E-state index contributed by atoms with van der Waals surface area (Å²) >= 11 is 28.1. The van der Waals surface area contributed by atoms with E-state index in [-0.39, 0.29) is 62.0 Å². The molecule has 0 aliphatic carbocycles. The fourth-order valence-electron chi connectivity index (χ4n) is 1.94. The molecule has 4 atom stereocenters. The van der Waals surface area contributed by atoms with E-state index in [0.29, 0.717) is 0 Å². The van der Waals surface area contributed by atoms with Crippen LogP contribution >= 0.6 is 80.8 Å². The van der Waals surface area contributed by atoms with Crippen molar-refractivity contribution < 1.29 is 40.8 Å². The van der Waals surface area contributed by atoms with Gasteiger partial charge >= 0.3 is 22.8 Å². The topological polar surface area (TPSA) is 107 Å². The van der Waals surface area contributed by atoms with Crippen molar-refractivity contribution in [1.82, 2.24) is 0 Å². The molecule has 0 N–H and O–H groups in total. The first kappa shape index (κ1) is 32.9. The van der Waals surface area contributed by atoms with Gasteiger partial charge in [-0.2, -0.15) is 0 Å². The third kappa shape index (κ3) is 12.4. The molecule has 31 heavy (non-hydrogen) atoms. The van der Waals surface area contributed by atoms with Crippen molar-refractivity contribution in [2.75, 3.05) is 62.0 Å². The monoisotopic (exact) mass is 608 g/mol. The van der Waals surface area contributed by atoms with Crippen LogP contribution in [0.4, 0.5) is 0 Å². The van der Waals surface area contributed by atoms with Crippen LogP contribution in [-0.2, 0) is 40.8 Å². The van der Waals surface area contributed by atoms with Gasteiger partial charge in [0, 0.05) is 29.4 Å². The lowest BCUT2D eigenvalue weighted by molar-refractivity contribution is 0.119. The van der Waals surface area contributed by atoms with Gasteiger partial charge in [0.1, 0.15) is 0 Å². The first-order valence-electron chi connectivity index (χ1n) is 9.09. The van der Waals surface area contributed by atoms with E-state index in [9.17, 15) is 13.7 Å². The lowest BCUT2D eigenvalue weighted by Crippen LogP contribution is -2.21. The highest BCUT2D eigenvalue weighted by Crippen LogP contribution is 2.65. The second kappa shape index (κ2) is 17.3. The predicted molar refractivity (Wildman–Crippen MR) is 126 cm³/mol. The number of halogens is 5. The van der Waals surface area contributed by atoms with E-state index in [4.69, 9.17) is 85.1 Å². The summed E-state index contributed by atoms with van der Waals surface area (Å²) in [6.07, 6.45) is -0.170. The molecule has 0 rings (SSSR count). The van der Waals surface area contributed by atoms with Crippen LogP contribution in [0.2, 0.25) is 0 Å². The molecule has 17 heteroatoms. The molecule has 0 aromatic heterocycles. The summed E-state index contributed by atoms with van der Waals surface area (Å²) in [7, 11) is -12.0. The fourth-order valence-corrected chi connectivity index (χ4v) is 8.78. The van der Waals surface area contributed by atoms with Gasteiger partial charge in [0.25, 0.3) is 0 Å². The Morgan fingerprint density at radius 1 is 0.581 bits per heavy atom. The van der Waals surface area contributed by atoms with E-state index < -0.39 is 34.5 Å². The van der Waals surface area contributed by atoms with E-state index in [1.807, 2.05) is 0 Å². The van der Waals surface area contributed by atoms with Crippen molar-refractivity contribution in [3.05, 3.63) is 0 Å². The lowest BCUT2D eigenvalue weighted by atomic mass is 10.9. The van der Waals surface area contributed by atoms with Crippen molar-refractivity contribution in [1.29, 1.82) is 0 Å². The summed E-state index contributed by atoms with van der Waals surface area (Å²) in [5.74, 6) is -2.75. The molecule has 9 nitrogen and oxygen atoms in total. The van der Waals surface area contributed by atoms with Crippen molar-refractivity contribution in [3.8, 4) is 0 Å². The zero-order valence-electron chi connectivity index (χ0n) is 17.1. The highest BCUT2D eigenvalue weighted by atomic mass is 35.5. The van der Waals surface area contributed by atoms with Gasteiger partial charge in [0.2, 0.25) is 0 Å². The standard InChI is InChI=1S/C14H28Cl5O9P3/c1-13(27-29(20,12-7-19)23-8-3-15)31(22,26-11-6-18)28-14(2)30(21,24-9-4-16)25-10-5-17/h13-14H,3-12H2,1-2H3/t13-,14-,29-,31-/m1/s1. The molecule has 0 heterocycles. The molecular weight excluding hydrogens is 582 g/mol. The van der Waals surface area contributed by atoms with E-state index in [1.54, 1.807) is 0 Å². The van der Waals surface area contributed by atoms with Crippen LogP contribution in [-0.4, -0.2) is 73.7 Å². The maximum absolute atomic E-state index is 13.5. The van der Waals surface area contributed by atoms with Crippen LogP contribution in [0.25, 0.3) is 0 Å². The summed E-state index contributed by atoms with van der Waals surface area (Å²) in [4.78, 5) is 0. The van der Waals surface area contributed by atoms with E-state index in [0.717, 1.165) is 0 Å². The molecule has 0 saturated carbocycles. The molecule has 188 valence electrons. The van der Waals surface area contributed by atoms with Crippen LogP contribution in [0.15, 0.2) is 0 Å². The summed E-state index contributed by atoms with van der Waals surface area (Å²) < 4.78 is 71.4. The molecule has 0 aromatic carbocycles. The molecule has 0 radical (unpaired) electrons. The zero-order valence-corrected chi connectivity index (χ0v) is 23.6. The normalized spacial score (nSPS) is 18.3. The molecule has 0 fully saturated rings. The van der Waals surface area contributed by atoms with Crippen LogP contribution in [0.1, 0.15) is 13.8 Å². The molecule has 0 aromatic rings. The molecule has 0 saturated heterocycles. The van der Waals surface area contributed by atoms with Crippen LogP contribution in [0.3, 0.4) is 0 Å². The average Bonchev–Trinajstić information content (AvgIpc) is 2.73. The number of hydrogen-bond donors (Lipinski definition) is 0. The number of hydrogen-bond acceptors (Lipinski definition) is 9. The van der Waals surface area contributed by atoms with Crippen molar-refractivity contribution in [3.63, 3.8) is 0 Å². The third-order valence-corrected chi connectivity index (χ3v) is 10.9. The molecular formula is C14H28Cl5O9P3. The van der Waals surface area contributed by atoms with Gasteiger partial charge in [0.05, 0.1) is 32.6 Å². The smallest absolute Gasteiger partial charge is 0.307 e. The van der Waals surface area contributed by atoms with Crippen molar-refractivity contribution >= 4 is 80.8 Å². The third-order valence-electron chi connectivity index (χ3n) is 3.27. The summed E-state index contributed by atoms with van der Waals surface area (Å²) in [5.41, 5.74) is 0. The average molecular weight is 611 g/mol. The first-order chi connectivity index (χ1) is 14.6. The minimum Gasteiger partial charge on any atom is -0.307 e. The molecule has 0 aliphatic heterocycles. The largest absolute Gasteiger partial charge is 0.360 e. The quantitative estimate of drug-likeness (QED) is 0.112. The first-order valence-corrected chi connectivity index (χ1v) is 16.7. The predicted octanol–water partition coefficient (Wildman–Crippen LogP) is 6.55. The van der Waals surface area contributed by atoms with Gasteiger partial charge in [-0.3, -0.25) is 22.7 Å². The van der Waals surface area contributed by atoms with E-state index in [2.05, 4.69) is 0 Å². The highest BCUT2D eigenvalue weighted by Gasteiger charge is 2.45. The van der Waals surface area contributed by atoms with Crippen molar-refractivity contribution in [2.45, 2.75) is 25.5 Å². The zero-order chi connectivity index (χ0) is 24.0. The molecule has 0 aliphatic rings. The van der Waals surface area contributed by atoms with Crippen LogP contribution < -0.4 is 0 Å². The van der Waals surface area contributed by atoms with Gasteiger partial charge in [-0.05, 0) is 13.8 Å². The van der Waals surface area contributed by atoms with Gasteiger partial charge in [-0.25, -0.2) is 0 Å². The van der Waals surface area contributed by atoms with E-state index in [1.165, 1.54) is 13.8 Å². The Balaban J connectivity index is 5.69. The molecule has 0 unspecified atom stereocenters. The fraction of sp³-hybridized carbons (Fsp3) is 1.00. The Labute approximate surface area is 208 Å². The highest BCUT2D eigenvalue weighted by molar-refractivity contribution is 7.59. The Bertz CT molecular complexity index is 618. The summed E-state index contributed by atoms with van der Waals surface area (Å²) in [6.45, 7) is 2.10. The maximum Gasteiger partial charge on any atom is 0.360 e. The molecule has 0 amide bonds. The second-order valence-electron chi connectivity index (χ2n) is 5.60. The minimum atomic E-state index is -4.23. The Morgan fingerprint density at radius 3 is 1.39 bits per heavy atom. The molecule has 0 spiro atoms.